The third-order valence-electron chi connectivity index (χ3n) is 3.62. The van der Waals surface area contributed by atoms with Gasteiger partial charge >= 0.3 is 5.97 Å². The Labute approximate surface area is 150 Å². The molecule has 3 aromatic rings. The molecule has 0 radical (unpaired) electrons. The minimum atomic E-state index is -1.12. The second-order valence-electron chi connectivity index (χ2n) is 5.39. The minimum absolute atomic E-state index is 0.0279. The van der Waals surface area contributed by atoms with Gasteiger partial charge in [0, 0.05) is 17.3 Å². The van der Waals surface area contributed by atoms with Crippen LogP contribution in [-0.4, -0.2) is 19.0 Å². The van der Waals surface area contributed by atoms with E-state index in [1.807, 2.05) is 6.07 Å². The van der Waals surface area contributed by atoms with Gasteiger partial charge in [-0.1, -0.05) is 36.4 Å². The number of ether oxygens (including phenoxy) is 2. The first-order valence-corrected chi connectivity index (χ1v) is 7.92. The average Bonchev–Trinajstić information content (AvgIpc) is 3.21. The van der Waals surface area contributed by atoms with Crippen LogP contribution in [0.25, 0.3) is 0 Å². The molecule has 6 nitrogen and oxygen atoms in total. The SMILES string of the molecule is COc1cccc(NC(=O)[C@@H](OC(=O)c2ccco2)c2ccccc2)c1. The van der Waals surface area contributed by atoms with Gasteiger partial charge in [-0.3, -0.25) is 4.79 Å². The van der Waals surface area contributed by atoms with Gasteiger partial charge in [0.25, 0.3) is 5.91 Å². The minimum Gasteiger partial charge on any atom is -0.497 e. The molecule has 0 aliphatic heterocycles. The largest absolute Gasteiger partial charge is 0.497 e. The Morgan fingerprint density at radius 2 is 1.81 bits per heavy atom. The Morgan fingerprint density at radius 1 is 1.00 bits per heavy atom. The zero-order chi connectivity index (χ0) is 18.4. The monoisotopic (exact) mass is 351 g/mol. The lowest BCUT2D eigenvalue weighted by Gasteiger charge is -2.17. The summed E-state index contributed by atoms with van der Waals surface area (Å²) >= 11 is 0. The molecule has 1 atom stereocenters. The van der Waals surface area contributed by atoms with Gasteiger partial charge in [0.1, 0.15) is 5.75 Å². The van der Waals surface area contributed by atoms with Crippen LogP contribution >= 0.6 is 0 Å². The van der Waals surface area contributed by atoms with Crippen LogP contribution in [0.2, 0.25) is 0 Å². The van der Waals surface area contributed by atoms with Gasteiger partial charge in [-0.15, -0.1) is 0 Å². The van der Waals surface area contributed by atoms with E-state index >= 15 is 0 Å². The van der Waals surface area contributed by atoms with Crippen LogP contribution in [0.15, 0.2) is 77.4 Å². The zero-order valence-electron chi connectivity index (χ0n) is 14.0. The second kappa shape index (κ2) is 8.02. The van der Waals surface area contributed by atoms with Crippen LogP contribution in [0.4, 0.5) is 5.69 Å². The topological polar surface area (TPSA) is 77.8 Å². The molecule has 0 saturated carbocycles. The average molecular weight is 351 g/mol. The third kappa shape index (κ3) is 4.10. The fraction of sp³-hybridized carbons (Fsp3) is 0.100. The third-order valence-corrected chi connectivity index (χ3v) is 3.62. The normalized spacial score (nSPS) is 11.4. The lowest BCUT2D eigenvalue weighted by molar-refractivity contribution is -0.125. The molecule has 0 aliphatic rings. The molecule has 1 aromatic heterocycles. The van der Waals surface area contributed by atoms with Crippen molar-refractivity contribution in [2.24, 2.45) is 0 Å². The Morgan fingerprint density at radius 3 is 2.50 bits per heavy atom. The van der Waals surface area contributed by atoms with E-state index in [0.717, 1.165) is 0 Å². The van der Waals surface area contributed by atoms with E-state index in [9.17, 15) is 9.59 Å². The maximum atomic E-state index is 12.8. The van der Waals surface area contributed by atoms with E-state index in [1.165, 1.54) is 12.3 Å². The van der Waals surface area contributed by atoms with Gasteiger partial charge in [0.2, 0.25) is 11.9 Å². The molecule has 1 heterocycles. The molecule has 1 N–H and O–H groups in total. The van der Waals surface area contributed by atoms with E-state index in [0.29, 0.717) is 17.0 Å². The van der Waals surface area contributed by atoms with E-state index < -0.39 is 18.0 Å². The molecule has 0 aliphatic carbocycles. The van der Waals surface area contributed by atoms with Crippen LogP contribution in [0, 0.1) is 0 Å². The first-order valence-electron chi connectivity index (χ1n) is 7.92. The molecule has 26 heavy (non-hydrogen) atoms. The summed E-state index contributed by atoms with van der Waals surface area (Å²) in [6.45, 7) is 0. The van der Waals surface area contributed by atoms with Crippen molar-refractivity contribution in [2.45, 2.75) is 6.10 Å². The molecule has 6 heteroatoms. The smallest absolute Gasteiger partial charge is 0.375 e. The van der Waals surface area contributed by atoms with E-state index in [4.69, 9.17) is 13.9 Å². The molecule has 0 bridgehead atoms. The second-order valence-corrected chi connectivity index (χ2v) is 5.39. The van der Waals surface area contributed by atoms with Gasteiger partial charge in [-0.2, -0.15) is 0 Å². The van der Waals surface area contributed by atoms with Crippen molar-refractivity contribution < 1.29 is 23.5 Å². The molecule has 132 valence electrons. The Kier molecular flexibility index (Phi) is 5.34. The highest BCUT2D eigenvalue weighted by molar-refractivity contribution is 5.97. The summed E-state index contributed by atoms with van der Waals surface area (Å²) in [6, 6.07) is 18.7. The predicted octanol–water partition coefficient (Wildman–Crippen LogP) is 3.83. The number of rotatable bonds is 6. The molecular formula is C20H17NO5. The fourth-order valence-electron chi connectivity index (χ4n) is 2.37. The number of benzene rings is 2. The van der Waals surface area contributed by atoms with Crippen LogP contribution in [0.3, 0.4) is 0 Å². The van der Waals surface area contributed by atoms with Gasteiger partial charge in [0.05, 0.1) is 13.4 Å². The molecule has 1 amide bonds. The van der Waals surface area contributed by atoms with Crippen LogP contribution in [0.1, 0.15) is 22.2 Å². The molecular weight excluding hydrogens is 334 g/mol. The first-order chi connectivity index (χ1) is 12.7. The van der Waals surface area contributed by atoms with Crippen molar-refractivity contribution >= 4 is 17.6 Å². The summed E-state index contributed by atoms with van der Waals surface area (Å²) in [4.78, 5) is 25.0. The van der Waals surface area contributed by atoms with Gasteiger partial charge in [-0.05, 0) is 24.3 Å². The summed E-state index contributed by atoms with van der Waals surface area (Å²) in [7, 11) is 1.54. The maximum absolute atomic E-state index is 12.8. The highest BCUT2D eigenvalue weighted by atomic mass is 16.6. The highest BCUT2D eigenvalue weighted by Crippen LogP contribution is 2.23. The van der Waals surface area contributed by atoms with Crippen molar-refractivity contribution in [3.05, 3.63) is 84.3 Å². The molecule has 0 unspecified atom stereocenters. The van der Waals surface area contributed by atoms with Crippen molar-refractivity contribution in [2.75, 3.05) is 12.4 Å². The standard InChI is InChI=1S/C20H17NO5/c1-24-16-10-5-9-15(13-16)21-19(22)18(14-7-3-2-4-8-14)26-20(23)17-11-6-12-25-17/h2-13,18H,1H3,(H,21,22)/t18-/m0/s1. The van der Waals surface area contributed by atoms with Crippen LogP contribution in [0.5, 0.6) is 5.75 Å². The predicted molar refractivity (Wildman–Crippen MR) is 94.9 cm³/mol. The molecule has 0 saturated heterocycles. The molecule has 0 fully saturated rings. The number of anilines is 1. The van der Waals surface area contributed by atoms with Gasteiger partial charge < -0.3 is 19.2 Å². The first kappa shape index (κ1) is 17.3. The number of furan rings is 1. The fourth-order valence-corrected chi connectivity index (χ4v) is 2.37. The summed E-state index contributed by atoms with van der Waals surface area (Å²) in [5.41, 5.74) is 1.08. The van der Waals surface area contributed by atoms with E-state index in [1.54, 1.807) is 61.7 Å². The van der Waals surface area contributed by atoms with Crippen LogP contribution in [-0.2, 0) is 9.53 Å². The molecule has 0 spiro atoms. The Balaban J connectivity index is 1.82. The van der Waals surface area contributed by atoms with Crippen molar-refractivity contribution in [3.63, 3.8) is 0 Å². The maximum Gasteiger partial charge on any atom is 0.375 e. The van der Waals surface area contributed by atoms with Crippen molar-refractivity contribution in [1.29, 1.82) is 0 Å². The van der Waals surface area contributed by atoms with Gasteiger partial charge in [0.15, 0.2) is 0 Å². The van der Waals surface area contributed by atoms with Crippen molar-refractivity contribution in [1.82, 2.24) is 0 Å². The number of nitrogens with one attached hydrogen (secondary N) is 1. The number of esters is 1. The summed E-state index contributed by atoms with van der Waals surface area (Å²) in [5, 5.41) is 2.74. The van der Waals surface area contributed by atoms with E-state index in [-0.39, 0.29) is 5.76 Å². The lowest BCUT2D eigenvalue weighted by atomic mass is 10.1. The number of carbonyl (C=O) groups is 2. The van der Waals surface area contributed by atoms with Gasteiger partial charge in [-0.25, -0.2) is 4.79 Å². The molecule has 2 aromatic carbocycles. The lowest BCUT2D eigenvalue weighted by Crippen LogP contribution is -2.25. The number of carbonyl (C=O) groups excluding carboxylic acids is 2. The number of hydrogen-bond acceptors (Lipinski definition) is 5. The van der Waals surface area contributed by atoms with Crippen LogP contribution < -0.4 is 10.1 Å². The Bertz CT molecular complexity index is 874. The highest BCUT2D eigenvalue weighted by Gasteiger charge is 2.26. The number of methoxy groups -OCH3 is 1. The summed E-state index contributed by atoms with van der Waals surface area (Å²) < 4.78 is 15.6. The van der Waals surface area contributed by atoms with Crippen molar-refractivity contribution in [3.8, 4) is 5.75 Å². The molecule has 3 rings (SSSR count). The van der Waals surface area contributed by atoms with E-state index in [2.05, 4.69) is 5.32 Å². The summed E-state index contributed by atoms with van der Waals surface area (Å²) in [5.74, 6) is -0.569. The Hall–Kier alpha value is -3.54. The number of amides is 1. The zero-order valence-corrected chi connectivity index (χ0v) is 14.0. The number of hydrogen-bond donors (Lipinski definition) is 1. The quantitative estimate of drug-likeness (QED) is 0.683. The summed E-state index contributed by atoms with van der Waals surface area (Å²) in [6.07, 6.45) is 0.241.